The van der Waals surface area contributed by atoms with Crippen LogP contribution in [0.4, 0.5) is 17.6 Å². The van der Waals surface area contributed by atoms with Crippen LogP contribution in [0, 0.1) is 5.82 Å². The Labute approximate surface area is 116 Å². The first-order valence-electron chi connectivity index (χ1n) is 5.67. The summed E-state index contributed by atoms with van der Waals surface area (Å²) in [6, 6.07) is 2.53. The zero-order valence-corrected chi connectivity index (χ0v) is 10.8. The Morgan fingerprint density at radius 1 is 1.20 bits per heavy atom. The van der Waals surface area contributed by atoms with Crippen LogP contribution in [0.3, 0.4) is 0 Å². The molecule has 1 heterocycles. The van der Waals surface area contributed by atoms with Crippen LogP contribution in [-0.4, -0.2) is 16.1 Å². The van der Waals surface area contributed by atoms with Crippen molar-refractivity contribution in [2.75, 3.05) is 5.88 Å². The molecule has 0 atom stereocenters. The molecule has 0 saturated heterocycles. The molecule has 0 aliphatic rings. The average Bonchev–Trinajstić information content (AvgIpc) is 2.84. The summed E-state index contributed by atoms with van der Waals surface area (Å²) in [6.07, 6.45) is -3.73. The largest absolute Gasteiger partial charge is 0.421 e. The van der Waals surface area contributed by atoms with Crippen molar-refractivity contribution in [3.05, 3.63) is 35.5 Å². The number of halogens is 5. The van der Waals surface area contributed by atoms with Crippen molar-refractivity contribution >= 4 is 11.6 Å². The molecule has 8 heteroatoms. The Morgan fingerprint density at radius 2 is 1.95 bits per heavy atom. The van der Waals surface area contributed by atoms with Crippen LogP contribution in [0.5, 0.6) is 0 Å². The molecule has 3 nitrogen and oxygen atoms in total. The lowest BCUT2D eigenvalue weighted by molar-refractivity contribution is -0.139. The fourth-order valence-electron chi connectivity index (χ4n) is 1.56. The number of hydrogen-bond acceptors (Lipinski definition) is 3. The summed E-state index contributed by atoms with van der Waals surface area (Å²) in [5.74, 6) is -0.742. The molecule has 0 radical (unpaired) electrons. The molecule has 0 amide bonds. The van der Waals surface area contributed by atoms with Gasteiger partial charge in [-0.05, 0) is 24.6 Å². The lowest BCUT2D eigenvalue weighted by Gasteiger charge is -2.08. The minimum atomic E-state index is -4.78. The second kappa shape index (κ2) is 5.78. The fourth-order valence-corrected chi connectivity index (χ4v) is 1.70. The highest BCUT2D eigenvalue weighted by Crippen LogP contribution is 2.33. The minimum Gasteiger partial charge on any atom is -0.421 e. The normalized spacial score (nSPS) is 11.8. The van der Waals surface area contributed by atoms with Crippen molar-refractivity contribution in [2.45, 2.75) is 19.0 Å². The number of benzene rings is 1. The second-order valence-corrected chi connectivity index (χ2v) is 4.36. The van der Waals surface area contributed by atoms with E-state index in [0.717, 1.165) is 12.1 Å². The quantitative estimate of drug-likeness (QED) is 0.631. The Balaban J connectivity index is 2.31. The molecule has 0 unspecified atom stereocenters. The highest BCUT2D eigenvalue weighted by Gasteiger charge is 2.34. The van der Waals surface area contributed by atoms with Gasteiger partial charge in [0.05, 0.1) is 5.56 Å². The summed E-state index contributed by atoms with van der Waals surface area (Å²) < 4.78 is 56.1. The average molecular weight is 309 g/mol. The third kappa shape index (κ3) is 3.27. The fraction of sp³-hybridized carbons (Fsp3) is 0.333. The van der Waals surface area contributed by atoms with Crippen molar-refractivity contribution in [2.24, 2.45) is 0 Å². The number of nitrogens with zero attached hydrogens (tertiary/aromatic N) is 2. The van der Waals surface area contributed by atoms with Crippen LogP contribution in [-0.2, 0) is 12.6 Å². The van der Waals surface area contributed by atoms with Gasteiger partial charge in [-0.3, -0.25) is 0 Å². The molecular formula is C12H9ClF4N2O. The summed E-state index contributed by atoms with van der Waals surface area (Å²) in [5, 5.41) is 7.34. The van der Waals surface area contributed by atoms with Crippen LogP contribution in [0.25, 0.3) is 11.5 Å². The third-order valence-corrected chi connectivity index (χ3v) is 2.78. The van der Waals surface area contributed by atoms with Gasteiger partial charge in [-0.1, -0.05) is 0 Å². The van der Waals surface area contributed by atoms with Crippen molar-refractivity contribution in [1.29, 1.82) is 0 Å². The number of hydrogen-bond donors (Lipinski definition) is 0. The van der Waals surface area contributed by atoms with E-state index >= 15 is 0 Å². The monoisotopic (exact) mass is 308 g/mol. The van der Waals surface area contributed by atoms with Gasteiger partial charge >= 0.3 is 6.18 Å². The van der Waals surface area contributed by atoms with Crippen LogP contribution in [0.2, 0.25) is 0 Å². The van der Waals surface area contributed by atoms with Gasteiger partial charge < -0.3 is 4.42 Å². The van der Waals surface area contributed by atoms with Gasteiger partial charge in [0.2, 0.25) is 11.8 Å². The van der Waals surface area contributed by atoms with E-state index in [1.54, 1.807) is 0 Å². The standard InChI is InChI=1S/C12H9ClF4N2O/c13-5-1-2-10-18-19-11(20-10)7-3-4-9(14)8(6-7)12(15,16)17/h3-4,6H,1-2,5H2. The number of rotatable bonds is 4. The summed E-state index contributed by atoms with van der Waals surface area (Å²) in [4.78, 5) is 0. The van der Waals surface area contributed by atoms with Crippen LogP contribution < -0.4 is 0 Å². The highest BCUT2D eigenvalue weighted by atomic mass is 35.5. The van der Waals surface area contributed by atoms with Crippen LogP contribution in [0.1, 0.15) is 17.9 Å². The van der Waals surface area contributed by atoms with E-state index in [-0.39, 0.29) is 17.3 Å². The number of alkyl halides is 4. The van der Waals surface area contributed by atoms with Crippen molar-refractivity contribution in [3.63, 3.8) is 0 Å². The Kier molecular flexibility index (Phi) is 4.27. The molecular weight excluding hydrogens is 300 g/mol. The Bertz CT molecular complexity index is 597. The number of aromatic nitrogens is 2. The maximum atomic E-state index is 13.2. The van der Waals surface area contributed by atoms with Gasteiger partial charge in [0, 0.05) is 17.9 Å². The molecule has 0 aliphatic carbocycles. The Hall–Kier alpha value is -1.63. The summed E-state index contributed by atoms with van der Waals surface area (Å²) >= 11 is 5.51. The maximum absolute atomic E-state index is 13.2. The minimum absolute atomic E-state index is 0.0170. The van der Waals surface area contributed by atoms with Gasteiger partial charge in [-0.25, -0.2) is 4.39 Å². The van der Waals surface area contributed by atoms with Crippen LogP contribution in [0.15, 0.2) is 22.6 Å². The molecule has 2 rings (SSSR count). The SMILES string of the molecule is Fc1ccc(-c2nnc(CCCCl)o2)cc1C(F)(F)F. The van der Waals surface area contributed by atoms with Crippen molar-refractivity contribution in [1.82, 2.24) is 10.2 Å². The van der Waals surface area contributed by atoms with Gasteiger partial charge in [0.1, 0.15) is 5.82 Å². The van der Waals surface area contributed by atoms with Crippen molar-refractivity contribution in [3.8, 4) is 11.5 Å². The lowest BCUT2D eigenvalue weighted by Crippen LogP contribution is -2.08. The Morgan fingerprint density at radius 3 is 2.60 bits per heavy atom. The van der Waals surface area contributed by atoms with Gasteiger partial charge in [0.15, 0.2) is 0 Å². The molecule has 0 bridgehead atoms. The summed E-state index contributed by atoms with van der Waals surface area (Å²) in [6.45, 7) is 0. The smallest absolute Gasteiger partial charge is 0.419 e. The number of aryl methyl sites for hydroxylation is 1. The summed E-state index contributed by atoms with van der Waals surface area (Å²) in [7, 11) is 0. The van der Waals surface area contributed by atoms with E-state index in [0.29, 0.717) is 24.8 Å². The molecule has 0 N–H and O–H groups in total. The van der Waals surface area contributed by atoms with E-state index in [2.05, 4.69) is 10.2 Å². The molecule has 108 valence electrons. The molecule has 0 fully saturated rings. The maximum Gasteiger partial charge on any atom is 0.419 e. The first-order valence-corrected chi connectivity index (χ1v) is 6.20. The van der Waals surface area contributed by atoms with E-state index in [1.807, 2.05) is 0 Å². The first-order chi connectivity index (χ1) is 9.41. The van der Waals surface area contributed by atoms with E-state index in [9.17, 15) is 17.6 Å². The zero-order valence-electron chi connectivity index (χ0n) is 10.0. The molecule has 20 heavy (non-hydrogen) atoms. The molecule has 0 aliphatic heterocycles. The molecule has 0 saturated carbocycles. The van der Waals surface area contributed by atoms with E-state index in [4.69, 9.17) is 16.0 Å². The molecule has 2 aromatic rings. The third-order valence-electron chi connectivity index (χ3n) is 2.51. The van der Waals surface area contributed by atoms with Crippen LogP contribution >= 0.6 is 11.6 Å². The zero-order chi connectivity index (χ0) is 14.8. The van der Waals surface area contributed by atoms with E-state index in [1.165, 1.54) is 0 Å². The highest BCUT2D eigenvalue weighted by molar-refractivity contribution is 6.17. The second-order valence-electron chi connectivity index (χ2n) is 3.99. The topological polar surface area (TPSA) is 38.9 Å². The van der Waals surface area contributed by atoms with Gasteiger partial charge in [-0.2, -0.15) is 13.2 Å². The first kappa shape index (κ1) is 14.8. The van der Waals surface area contributed by atoms with Crippen molar-refractivity contribution < 1.29 is 22.0 Å². The molecule has 1 aromatic carbocycles. The van der Waals surface area contributed by atoms with Gasteiger partial charge in [-0.15, -0.1) is 21.8 Å². The summed E-state index contributed by atoms with van der Waals surface area (Å²) in [5.41, 5.74) is -1.35. The van der Waals surface area contributed by atoms with E-state index < -0.39 is 17.6 Å². The van der Waals surface area contributed by atoms with Gasteiger partial charge in [0.25, 0.3) is 0 Å². The molecule has 0 spiro atoms. The predicted octanol–water partition coefficient (Wildman–Crippen LogP) is 4.07. The molecule has 1 aromatic heterocycles. The predicted molar refractivity (Wildman–Crippen MR) is 63.7 cm³/mol. The lowest BCUT2D eigenvalue weighted by atomic mass is 10.1.